The predicted molar refractivity (Wildman–Crippen MR) is 134 cm³/mol. The molecule has 3 aromatic rings. The van der Waals surface area contributed by atoms with Crippen molar-refractivity contribution in [3.63, 3.8) is 0 Å². The summed E-state index contributed by atoms with van der Waals surface area (Å²) >= 11 is 5.36. The highest BCUT2D eigenvalue weighted by Crippen LogP contribution is 2.21. The largest absolute Gasteiger partial charge is 0.494 e. The van der Waals surface area contributed by atoms with Crippen LogP contribution >= 0.6 is 12.2 Å². The molecule has 1 aromatic heterocycles. The quantitative estimate of drug-likeness (QED) is 0.424. The molecular weight excluding hydrogens is 450 g/mol. The lowest BCUT2D eigenvalue weighted by molar-refractivity contribution is -0.121. The van der Waals surface area contributed by atoms with Gasteiger partial charge in [0, 0.05) is 43.7 Å². The average molecular weight is 482 g/mol. The maximum atomic E-state index is 12.5. The average Bonchev–Trinajstić information content (AvgIpc) is 3.21. The molecule has 0 aliphatic rings. The van der Waals surface area contributed by atoms with Gasteiger partial charge >= 0.3 is 0 Å². The van der Waals surface area contributed by atoms with Crippen LogP contribution in [0.2, 0.25) is 0 Å². The van der Waals surface area contributed by atoms with E-state index in [4.69, 9.17) is 17.0 Å². The van der Waals surface area contributed by atoms with Gasteiger partial charge in [-0.25, -0.2) is 0 Å². The fourth-order valence-corrected chi connectivity index (χ4v) is 3.54. The molecule has 8 nitrogen and oxygen atoms in total. The number of hydrogen-bond donors (Lipinski definition) is 2. The first-order chi connectivity index (χ1) is 16.3. The maximum Gasteiger partial charge on any atom is 0.253 e. The Hall–Kier alpha value is -3.46. The summed E-state index contributed by atoms with van der Waals surface area (Å²) in [6.45, 7) is 7.27. The van der Waals surface area contributed by atoms with Crippen LogP contribution < -0.4 is 10.1 Å². The van der Waals surface area contributed by atoms with Gasteiger partial charge in [-0.1, -0.05) is 12.1 Å². The minimum atomic E-state index is -0.0968. The van der Waals surface area contributed by atoms with E-state index in [1.165, 1.54) is 0 Å². The van der Waals surface area contributed by atoms with Gasteiger partial charge in [0.15, 0.2) is 10.6 Å². The molecule has 0 saturated heterocycles. The molecule has 9 heteroatoms. The first kappa shape index (κ1) is 25.2. The number of nitrogens with one attached hydrogen (secondary N) is 2. The van der Waals surface area contributed by atoms with E-state index in [1.54, 1.807) is 24.1 Å². The third kappa shape index (κ3) is 6.32. The number of amides is 2. The Morgan fingerprint density at radius 2 is 1.82 bits per heavy atom. The number of H-pyrrole nitrogens is 1. The van der Waals surface area contributed by atoms with Crippen molar-refractivity contribution in [2.75, 3.05) is 13.7 Å². The van der Waals surface area contributed by atoms with E-state index in [0.717, 1.165) is 16.9 Å². The molecule has 0 radical (unpaired) electrons. The van der Waals surface area contributed by atoms with Crippen LogP contribution in [-0.4, -0.2) is 51.2 Å². The molecule has 0 atom stereocenters. The Balaban J connectivity index is 1.55. The summed E-state index contributed by atoms with van der Waals surface area (Å²) in [5, 5.41) is 10.1. The number of hydrogen-bond acceptors (Lipinski definition) is 5. The van der Waals surface area contributed by atoms with E-state index in [0.29, 0.717) is 35.9 Å². The Morgan fingerprint density at radius 1 is 1.15 bits per heavy atom. The minimum Gasteiger partial charge on any atom is -0.494 e. The summed E-state index contributed by atoms with van der Waals surface area (Å²) in [7, 11) is 1.79. The molecule has 3 rings (SSSR count). The summed E-state index contributed by atoms with van der Waals surface area (Å²) in [5.74, 6) is 1.34. The number of ether oxygens (including phenoxy) is 1. The Kier molecular flexibility index (Phi) is 8.59. The molecule has 0 aliphatic heterocycles. The molecule has 0 saturated carbocycles. The van der Waals surface area contributed by atoms with E-state index in [-0.39, 0.29) is 24.3 Å². The van der Waals surface area contributed by atoms with Gasteiger partial charge in [0.05, 0.1) is 6.61 Å². The number of aromatic amines is 1. The third-order valence-electron chi connectivity index (χ3n) is 5.53. The molecule has 0 spiro atoms. The van der Waals surface area contributed by atoms with Gasteiger partial charge in [0.1, 0.15) is 5.75 Å². The predicted octanol–water partition coefficient (Wildman–Crippen LogP) is 4.19. The molecule has 0 aliphatic carbocycles. The van der Waals surface area contributed by atoms with E-state index in [9.17, 15) is 9.59 Å². The lowest BCUT2D eigenvalue weighted by Gasteiger charge is -2.21. The number of carbonyl (C=O) groups is 2. The number of benzene rings is 2. The third-order valence-corrected chi connectivity index (χ3v) is 5.84. The standard InChI is InChI=1S/C25H31N5O3S/c1-5-33-21-12-10-19(11-13-21)23-27-28-25(34)30(23)15-14-22(31)26-16-18-6-8-20(9-7-18)24(32)29(4)17(2)3/h6-13,17H,5,14-16H2,1-4H3,(H,26,31)(H,28,34). The lowest BCUT2D eigenvalue weighted by Crippen LogP contribution is -2.32. The van der Waals surface area contributed by atoms with Crippen molar-refractivity contribution in [3.8, 4) is 17.1 Å². The zero-order chi connectivity index (χ0) is 24.7. The molecule has 34 heavy (non-hydrogen) atoms. The van der Waals surface area contributed by atoms with E-state index in [2.05, 4.69) is 15.5 Å². The van der Waals surface area contributed by atoms with Gasteiger partial charge in [0.2, 0.25) is 5.91 Å². The topological polar surface area (TPSA) is 92.2 Å². The van der Waals surface area contributed by atoms with Crippen molar-refractivity contribution >= 4 is 24.0 Å². The van der Waals surface area contributed by atoms with Crippen LogP contribution in [0.15, 0.2) is 48.5 Å². The highest BCUT2D eigenvalue weighted by atomic mass is 32.1. The Morgan fingerprint density at radius 3 is 2.44 bits per heavy atom. The zero-order valence-electron chi connectivity index (χ0n) is 20.0. The zero-order valence-corrected chi connectivity index (χ0v) is 20.8. The van der Waals surface area contributed by atoms with Crippen molar-refractivity contribution in [2.24, 2.45) is 0 Å². The smallest absolute Gasteiger partial charge is 0.253 e. The van der Waals surface area contributed by atoms with Gasteiger partial charge in [-0.3, -0.25) is 19.3 Å². The van der Waals surface area contributed by atoms with Crippen molar-refractivity contribution in [1.82, 2.24) is 25.0 Å². The van der Waals surface area contributed by atoms with E-state index < -0.39 is 0 Å². The second-order valence-corrected chi connectivity index (χ2v) is 8.58. The van der Waals surface area contributed by atoms with Gasteiger partial charge in [-0.2, -0.15) is 5.10 Å². The summed E-state index contributed by atoms with van der Waals surface area (Å²) in [6, 6.07) is 15.0. The normalized spacial score (nSPS) is 10.9. The van der Waals surface area contributed by atoms with Crippen molar-refractivity contribution in [1.29, 1.82) is 0 Å². The van der Waals surface area contributed by atoms with E-state index in [1.807, 2.05) is 61.7 Å². The van der Waals surface area contributed by atoms with Crippen LogP contribution in [0.25, 0.3) is 11.4 Å². The van der Waals surface area contributed by atoms with Gasteiger partial charge in [-0.05, 0) is 75.0 Å². The SMILES string of the molecule is CCOc1ccc(-c2n[nH]c(=S)n2CCC(=O)NCc2ccc(C(=O)N(C)C(C)C)cc2)cc1. The summed E-state index contributed by atoms with van der Waals surface area (Å²) in [5.41, 5.74) is 2.43. The van der Waals surface area contributed by atoms with Crippen LogP contribution in [0.3, 0.4) is 0 Å². The minimum absolute atomic E-state index is 0.0224. The number of aromatic nitrogens is 3. The second kappa shape index (κ2) is 11.6. The van der Waals surface area contributed by atoms with Crippen molar-refractivity contribution in [3.05, 3.63) is 64.4 Å². The molecule has 0 fully saturated rings. The lowest BCUT2D eigenvalue weighted by atomic mass is 10.1. The van der Waals surface area contributed by atoms with Crippen molar-refractivity contribution in [2.45, 2.75) is 46.3 Å². The summed E-state index contributed by atoms with van der Waals surface area (Å²) in [6.07, 6.45) is 0.258. The van der Waals surface area contributed by atoms with Gasteiger partial charge in [-0.15, -0.1) is 0 Å². The summed E-state index contributed by atoms with van der Waals surface area (Å²) < 4.78 is 7.76. The van der Waals surface area contributed by atoms with Crippen molar-refractivity contribution < 1.29 is 14.3 Å². The summed E-state index contributed by atoms with van der Waals surface area (Å²) in [4.78, 5) is 26.6. The molecular formula is C25H31N5O3S. The van der Waals surface area contributed by atoms with Gasteiger partial charge in [0.25, 0.3) is 5.91 Å². The van der Waals surface area contributed by atoms with Crippen LogP contribution in [0.1, 0.15) is 43.1 Å². The number of rotatable bonds is 10. The molecule has 2 amide bonds. The van der Waals surface area contributed by atoms with Crippen LogP contribution in [0, 0.1) is 4.77 Å². The monoisotopic (exact) mass is 481 g/mol. The molecule has 1 heterocycles. The van der Waals surface area contributed by atoms with Gasteiger partial charge < -0.3 is 15.0 Å². The Labute approximate surface area is 204 Å². The molecule has 2 aromatic carbocycles. The van der Waals surface area contributed by atoms with E-state index >= 15 is 0 Å². The fraction of sp³-hybridized carbons (Fsp3) is 0.360. The highest BCUT2D eigenvalue weighted by molar-refractivity contribution is 7.71. The Bertz CT molecular complexity index is 1170. The molecule has 0 unspecified atom stereocenters. The fourth-order valence-electron chi connectivity index (χ4n) is 3.32. The molecule has 180 valence electrons. The number of nitrogens with zero attached hydrogens (tertiary/aromatic N) is 3. The molecule has 2 N–H and O–H groups in total. The number of carbonyl (C=O) groups excluding carboxylic acids is 2. The highest BCUT2D eigenvalue weighted by Gasteiger charge is 2.14. The maximum absolute atomic E-state index is 12.5. The first-order valence-corrected chi connectivity index (χ1v) is 11.7. The first-order valence-electron chi connectivity index (χ1n) is 11.3. The second-order valence-electron chi connectivity index (χ2n) is 8.19. The molecule has 0 bridgehead atoms. The van der Waals surface area contributed by atoms with Crippen LogP contribution in [-0.2, 0) is 17.9 Å². The van der Waals surface area contributed by atoms with Crippen LogP contribution in [0.5, 0.6) is 5.75 Å². The van der Waals surface area contributed by atoms with Crippen LogP contribution in [0.4, 0.5) is 0 Å².